The summed E-state index contributed by atoms with van der Waals surface area (Å²) in [5.41, 5.74) is 2.82. The highest BCUT2D eigenvalue weighted by molar-refractivity contribution is 7.92. The third-order valence-corrected chi connectivity index (χ3v) is 5.74. The van der Waals surface area contributed by atoms with Crippen LogP contribution >= 0.6 is 0 Å². The maximum atomic E-state index is 12.4. The molecule has 0 unspecified atom stereocenters. The van der Waals surface area contributed by atoms with E-state index in [-0.39, 0.29) is 23.7 Å². The Morgan fingerprint density at radius 3 is 2.30 bits per heavy atom. The average molecular weight is 426 g/mol. The normalized spacial score (nSPS) is 11.0. The van der Waals surface area contributed by atoms with Crippen LogP contribution in [-0.2, 0) is 14.8 Å². The third kappa shape index (κ3) is 5.61. The minimum absolute atomic E-state index is 0.0566. The van der Waals surface area contributed by atoms with Gasteiger partial charge >= 0.3 is 5.97 Å². The Balaban J connectivity index is 1.54. The second-order valence-electron chi connectivity index (χ2n) is 6.75. The van der Waals surface area contributed by atoms with Crippen LogP contribution in [0.3, 0.4) is 0 Å². The lowest BCUT2D eigenvalue weighted by Gasteiger charge is -2.11. The van der Waals surface area contributed by atoms with E-state index >= 15 is 0 Å². The molecule has 3 rings (SSSR count). The Bertz CT molecular complexity index is 1110. The van der Waals surface area contributed by atoms with Crippen LogP contribution in [0.25, 0.3) is 0 Å². The Labute approximate surface area is 176 Å². The average Bonchev–Trinajstić information content (AvgIpc) is 2.74. The standard InChI is InChI=1S/C23H23NO5S/c1-17-8-9-18(2)22(16-17)28-14-15-29-23(25)19-10-12-21(13-11-19)30(26,27)24-20-6-4-3-5-7-20/h3-13,16,24H,14-15H2,1-2H3. The van der Waals surface area contributed by atoms with Crippen LogP contribution in [0.2, 0.25) is 0 Å². The SMILES string of the molecule is Cc1ccc(C)c(OCCOC(=O)c2ccc(S(=O)(=O)Nc3ccccc3)cc2)c1. The molecule has 0 radical (unpaired) electrons. The molecular weight excluding hydrogens is 402 g/mol. The molecule has 7 heteroatoms. The van der Waals surface area contributed by atoms with Gasteiger partial charge in [0.2, 0.25) is 0 Å². The summed E-state index contributed by atoms with van der Waals surface area (Å²) in [6.45, 7) is 4.24. The van der Waals surface area contributed by atoms with Crippen molar-refractivity contribution in [2.45, 2.75) is 18.7 Å². The zero-order valence-corrected chi connectivity index (χ0v) is 17.6. The molecule has 0 fully saturated rings. The van der Waals surface area contributed by atoms with Crippen LogP contribution in [0.15, 0.2) is 77.7 Å². The molecule has 0 saturated carbocycles. The minimum Gasteiger partial charge on any atom is -0.490 e. The maximum Gasteiger partial charge on any atom is 0.338 e. The van der Waals surface area contributed by atoms with Gasteiger partial charge in [0.25, 0.3) is 10.0 Å². The zero-order valence-electron chi connectivity index (χ0n) is 16.8. The van der Waals surface area contributed by atoms with Crippen molar-refractivity contribution in [2.24, 2.45) is 0 Å². The minimum atomic E-state index is -3.74. The Morgan fingerprint density at radius 1 is 0.900 bits per heavy atom. The number of hydrogen-bond acceptors (Lipinski definition) is 5. The van der Waals surface area contributed by atoms with E-state index in [4.69, 9.17) is 9.47 Å². The van der Waals surface area contributed by atoms with Gasteiger partial charge < -0.3 is 9.47 Å². The van der Waals surface area contributed by atoms with E-state index in [2.05, 4.69) is 4.72 Å². The number of aryl methyl sites for hydroxylation is 2. The van der Waals surface area contributed by atoms with Gasteiger partial charge in [-0.05, 0) is 67.4 Å². The van der Waals surface area contributed by atoms with Gasteiger partial charge in [-0.25, -0.2) is 13.2 Å². The monoisotopic (exact) mass is 425 g/mol. The predicted octanol–water partition coefficient (Wildman–Crippen LogP) is 4.34. The second-order valence-corrected chi connectivity index (χ2v) is 8.43. The van der Waals surface area contributed by atoms with Crippen molar-refractivity contribution in [1.82, 2.24) is 0 Å². The highest BCUT2D eigenvalue weighted by Crippen LogP contribution is 2.19. The number of esters is 1. The van der Waals surface area contributed by atoms with Gasteiger partial charge in [0.05, 0.1) is 10.5 Å². The fraction of sp³-hybridized carbons (Fsp3) is 0.174. The molecule has 6 nitrogen and oxygen atoms in total. The molecule has 0 aliphatic rings. The van der Waals surface area contributed by atoms with Crippen LogP contribution in [0.4, 0.5) is 5.69 Å². The number of nitrogens with one attached hydrogen (secondary N) is 1. The van der Waals surface area contributed by atoms with Crippen molar-refractivity contribution >= 4 is 21.7 Å². The van der Waals surface area contributed by atoms with Crippen molar-refractivity contribution in [3.05, 3.63) is 89.5 Å². The molecule has 0 saturated heterocycles. The van der Waals surface area contributed by atoms with Gasteiger partial charge in [-0.3, -0.25) is 4.72 Å². The highest BCUT2D eigenvalue weighted by Gasteiger charge is 2.15. The number of sulfonamides is 1. The summed E-state index contributed by atoms with van der Waals surface area (Å²) in [5, 5.41) is 0. The lowest BCUT2D eigenvalue weighted by Crippen LogP contribution is -2.14. The second kappa shape index (κ2) is 9.45. The first-order valence-electron chi connectivity index (χ1n) is 9.40. The van der Waals surface area contributed by atoms with Gasteiger partial charge in [-0.15, -0.1) is 0 Å². The molecule has 0 bridgehead atoms. The third-order valence-electron chi connectivity index (χ3n) is 4.34. The molecule has 0 aliphatic heterocycles. The van der Waals surface area contributed by atoms with Crippen molar-refractivity contribution in [1.29, 1.82) is 0 Å². The lowest BCUT2D eigenvalue weighted by molar-refractivity contribution is 0.0450. The van der Waals surface area contributed by atoms with Crippen LogP contribution in [0, 0.1) is 13.8 Å². The van der Waals surface area contributed by atoms with Crippen LogP contribution in [-0.4, -0.2) is 27.6 Å². The van der Waals surface area contributed by atoms with Crippen LogP contribution < -0.4 is 9.46 Å². The fourth-order valence-corrected chi connectivity index (χ4v) is 3.78. The molecule has 0 aromatic heterocycles. The topological polar surface area (TPSA) is 81.7 Å². The van der Waals surface area contributed by atoms with Crippen LogP contribution in [0.5, 0.6) is 5.75 Å². The summed E-state index contributed by atoms with van der Waals surface area (Å²) in [5.74, 6) is 0.214. The van der Waals surface area contributed by atoms with Crippen molar-refractivity contribution in [3.8, 4) is 5.75 Å². The zero-order chi connectivity index (χ0) is 21.6. The summed E-state index contributed by atoms with van der Waals surface area (Å²) >= 11 is 0. The van der Waals surface area contributed by atoms with E-state index in [0.29, 0.717) is 5.69 Å². The lowest BCUT2D eigenvalue weighted by atomic mass is 10.1. The quantitative estimate of drug-likeness (QED) is 0.429. The van der Waals surface area contributed by atoms with Crippen molar-refractivity contribution in [3.63, 3.8) is 0 Å². The van der Waals surface area contributed by atoms with E-state index < -0.39 is 16.0 Å². The Kier molecular flexibility index (Phi) is 6.74. The fourth-order valence-electron chi connectivity index (χ4n) is 2.72. The number of para-hydroxylation sites is 1. The number of carbonyl (C=O) groups excluding carboxylic acids is 1. The summed E-state index contributed by atoms with van der Waals surface area (Å²) in [6, 6.07) is 20.1. The van der Waals surface area contributed by atoms with Gasteiger partial charge in [0.1, 0.15) is 19.0 Å². The van der Waals surface area contributed by atoms with Crippen LogP contribution in [0.1, 0.15) is 21.5 Å². The molecule has 0 heterocycles. The summed E-state index contributed by atoms with van der Waals surface area (Å²) in [4.78, 5) is 12.2. The van der Waals surface area contributed by atoms with Gasteiger partial charge in [0.15, 0.2) is 0 Å². The molecule has 156 valence electrons. The molecule has 0 atom stereocenters. The number of rotatable bonds is 8. The molecule has 3 aromatic carbocycles. The van der Waals surface area contributed by atoms with Crippen molar-refractivity contribution in [2.75, 3.05) is 17.9 Å². The van der Waals surface area contributed by atoms with Gasteiger partial charge in [0, 0.05) is 5.69 Å². The molecule has 0 amide bonds. The molecule has 0 spiro atoms. The van der Waals surface area contributed by atoms with E-state index in [9.17, 15) is 13.2 Å². The summed E-state index contributed by atoms with van der Waals surface area (Å²) < 4.78 is 38.2. The first-order chi connectivity index (χ1) is 14.3. The number of anilines is 1. The van der Waals surface area contributed by atoms with E-state index in [1.54, 1.807) is 30.3 Å². The van der Waals surface area contributed by atoms with Gasteiger partial charge in [-0.2, -0.15) is 0 Å². The molecule has 0 aliphatic carbocycles. The number of benzene rings is 3. The van der Waals surface area contributed by atoms with Crippen molar-refractivity contribution < 1.29 is 22.7 Å². The van der Waals surface area contributed by atoms with E-state index in [0.717, 1.165) is 16.9 Å². The summed E-state index contributed by atoms with van der Waals surface area (Å²) in [7, 11) is -3.74. The Morgan fingerprint density at radius 2 is 1.60 bits per heavy atom. The maximum absolute atomic E-state index is 12.4. The van der Waals surface area contributed by atoms with E-state index in [1.165, 1.54) is 24.3 Å². The largest absolute Gasteiger partial charge is 0.490 e. The van der Waals surface area contributed by atoms with E-state index in [1.807, 2.05) is 32.0 Å². The number of carbonyl (C=O) groups is 1. The molecular formula is C23H23NO5S. The molecule has 1 N–H and O–H groups in total. The first-order valence-corrected chi connectivity index (χ1v) is 10.9. The Hall–Kier alpha value is -3.32. The smallest absolute Gasteiger partial charge is 0.338 e. The highest BCUT2D eigenvalue weighted by atomic mass is 32.2. The number of ether oxygens (including phenoxy) is 2. The molecule has 30 heavy (non-hydrogen) atoms. The molecule has 3 aromatic rings. The predicted molar refractivity (Wildman–Crippen MR) is 115 cm³/mol. The number of hydrogen-bond donors (Lipinski definition) is 1. The van der Waals surface area contributed by atoms with Gasteiger partial charge in [-0.1, -0.05) is 30.3 Å². The first kappa shape index (κ1) is 21.4. The summed E-state index contributed by atoms with van der Waals surface area (Å²) in [6.07, 6.45) is 0.